The summed E-state index contributed by atoms with van der Waals surface area (Å²) in [4.78, 5) is 0. The van der Waals surface area contributed by atoms with Gasteiger partial charge in [0.15, 0.2) is 0 Å². The molecule has 1 aliphatic heterocycles. The molecule has 0 radical (unpaired) electrons. The van der Waals surface area contributed by atoms with Gasteiger partial charge in [-0.1, -0.05) is 12.1 Å². The van der Waals surface area contributed by atoms with Gasteiger partial charge in [-0.05, 0) is 59.7 Å². The Morgan fingerprint density at radius 1 is 1.38 bits per heavy atom. The largest absolute Gasteiger partial charge is 0.310 e. The standard InChI is InChI=1S/C10H12IN.ClH/c11-9-4-1-3-8(7-9)10-5-2-6-12-10;/h1,3-4,7,10,12H,2,5-6H2;1H/t10-;/m0./s1. The Balaban J connectivity index is 0.000000845. The second kappa shape index (κ2) is 5.17. The van der Waals surface area contributed by atoms with Gasteiger partial charge in [-0.25, -0.2) is 0 Å². The Kier molecular flexibility index (Phi) is 4.49. The maximum absolute atomic E-state index is 3.50. The first-order valence-electron chi connectivity index (χ1n) is 4.35. The van der Waals surface area contributed by atoms with Crippen molar-refractivity contribution in [2.75, 3.05) is 6.54 Å². The highest BCUT2D eigenvalue weighted by molar-refractivity contribution is 14.1. The second-order valence-electron chi connectivity index (χ2n) is 3.20. The van der Waals surface area contributed by atoms with Crippen molar-refractivity contribution in [2.45, 2.75) is 18.9 Å². The van der Waals surface area contributed by atoms with Crippen molar-refractivity contribution in [2.24, 2.45) is 0 Å². The van der Waals surface area contributed by atoms with Gasteiger partial charge in [-0.3, -0.25) is 0 Å². The van der Waals surface area contributed by atoms with Crippen molar-refractivity contribution in [3.8, 4) is 0 Å². The van der Waals surface area contributed by atoms with Gasteiger partial charge in [-0.15, -0.1) is 12.4 Å². The smallest absolute Gasteiger partial charge is 0.0321 e. The third kappa shape index (κ3) is 2.82. The van der Waals surface area contributed by atoms with E-state index in [2.05, 4.69) is 52.2 Å². The molecule has 1 fully saturated rings. The van der Waals surface area contributed by atoms with Crippen LogP contribution in [0.25, 0.3) is 0 Å². The molecular formula is C10H13ClIN. The van der Waals surface area contributed by atoms with Crippen LogP contribution in [0.15, 0.2) is 24.3 Å². The molecule has 1 N–H and O–H groups in total. The third-order valence-corrected chi connectivity index (χ3v) is 2.98. The van der Waals surface area contributed by atoms with E-state index in [1.165, 1.54) is 28.5 Å². The van der Waals surface area contributed by atoms with Gasteiger partial charge < -0.3 is 5.32 Å². The SMILES string of the molecule is Cl.Ic1cccc([C@@H]2CCCN2)c1. The van der Waals surface area contributed by atoms with Crippen LogP contribution in [0.2, 0.25) is 0 Å². The van der Waals surface area contributed by atoms with E-state index in [9.17, 15) is 0 Å². The molecule has 1 aliphatic rings. The molecular weight excluding hydrogens is 296 g/mol. The lowest BCUT2D eigenvalue weighted by molar-refractivity contribution is 0.647. The average Bonchev–Trinajstić information content (AvgIpc) is 2.56. The fourth-order valence-corrected chi connectivity index (χ4v) is 2.26. The normalized spacial score (nSPS) is 21.2. The van der Waals surface area contributed by atoms with E-state index >= 15 is 0 Å². The Morgan fingerprint density at radius 2 is 2.23 bits per heavy atom. The summed E-state index contributed by atoms with van der Waals surface area (Å²) in [5.41, 5.74) is 1.44. The van der Waals surface area contributed by atoms with Gasteiger partial charge in [0.1, 0.15) is 0 Å². The van der Waals surface area contributed by atoms with Crippen LogP contribution in [0, 0.1) is 3.57 Å². The van der Waals surface area contributed by atoms with Gasteiger partial charge in [0.25, 0.3) is 0 Å². The molecule has 13 heavy (non-hydrogen) atoms. The zero-order valence-electron chi connectivity index (χ0n) is 7.29. The number of hydrogen-bond donors (Lipinski definition) is 1. The first-order chi connectivity index (χ1) is 5.86. The van der Waals surface area contributed by atoms with Crippen LogP contribution in [0.1, 0.15) is 24.4 Å². The highest BCUT2D eigenvalue weighted by Gasteiger charge is 2.15. The molecule has 1 atom stereocenters. The molecule has 0 spiro atoms. The van der Waals surface area contributed by atoms with Crippen LogP contribution >= 0.6 is 35.0 Å². The molecule has 72 valence electrons. The summed E-state index contributed by atoms with van der Waals surface area (Å²) in [6.07, 6.45) is 2.61. The summed E-state index contributed by atoms with van der Waals surface area (Å²) >= 11 is 2.36. The predicted molar refractivity (Wildman–Crippen MR) is 66.4 cm³/mol. The quantitative estimate of drug-likeness (QED) is 0.786. The van der Waals surface area contributed by atoms with Crippen LogP contribution in [0.5, 0.6) is 0 Å². The third-order valence-electron chi connectivity index (χ3n) is 2.31. The highest BCUT2D eigenvalue weighted by atomic mass is 127. The summed E-state index contributed by atoms with van der Waals surface area (Å²) in [6, 6.07) is 9.37. The molecule has 3 heteroatoms. The van der Waals surface area contributed by atoms with Crippen LogP contribution in [0.3, 0.4) is 0 Å². The van der Waals surface area contributed by atoms with Crippen molar-refractivity contribution in [1.29, 1.82) is 0 Å². The number of hydrogen-bond acceptors (Lipinski definition) is 1. The minimum Gasteiger partial charge on any atom is -0.310 e. The lowest BCUT2D eigenvalue weighted by Crippen LogP contribution is -2.12. The van der Waals surface area contributed by atoms with Gasteiger partial charge in [-0.2, -0.15) is 0 Å². The van der Waals surface area contributed by atoms with E-state index in [-0.39, 0.29) is 12.4 Å². The predicted octanol–water partition coefficient (Wildman–Crippen LogP) is 3.14. The lowest BCUT2D eigenvalue weighted by Gasteiger charge is -2.10. The Bertz CT molecular complexity index is 271. The molecule has 1 saturated heterocycles. The summed E-state index contributed by atoms with van der Waals surface area (Å²) in [7, 11) is 0. The number of rotatable bonds is 1. The van der Waals surface area contributed by atoms with E-state index < -0.39 is 0 Å². The second-order valence-corrected chi connectivity index (χ2v) is 4.45. The van der Waals surface area contributed by atoms with E-state index in [0.717, 1.165) is 0 Å². The number of nitrogens with one attached hydrogen (secondary N) is 1. The zero-order valence-corrected chi connectivity index (χ0v) is 10.3. The summed E-state index contributed by atoms with van der Waals surface area (Å²) in [5, 5.41) is 3.50. The summed E-state index contributed by atoms with van der Waals surface area (Å²) < 4.78 is 1.33. The topological polar surface area (TPSA) is 12.0 Å². The Hall–Kier alpha value is 0.200. The van der Waals surface area contributed by atoms with E-state index in [1.807, 2.05) is 0 Å². The molecule has 1 aromatic rings. The molecule has 2 rings (SSSR count). The van der Waals surface area contributed by atoms with E-state index in [0.29, 0.717) is 6.04 Å². The molecule has 0 aromatic heterocycles. The first kappa shape index (κ1) is 11.3. The summed E-state index contributed by atoms with van der Waals surface area (Å²) in [6.45, 7) is 1.18. The van der Waals surface area contributed by atoms with Crippen molar-refractivity contribution < 1.29 is 0 Å². The van der Waals surface area contributed by atoms with Crippen molar-refractivity contribution in [3.63, 3.8) is 0 Å². The Labute approximate surface area is 98.9 Å². The molecule has 0 unspecified atom stereocenters. The van der Waals surface area contributed by atoms with Crippen molar-refractivity contribution in [3.05, 3.63) is 33.4 Å². The molecule has 1 nitrogen and oxygen atoms in total. The monoisotopic (exact) mass is 309 g/mol. The molecule has 0 saturated carbocycles. The molecule has 0 aliphatic carbocycles. The molecule has 1 heterocycles. The highest BCUT2D eigenvalue weighted by Crippen LogP contribution is 2.23. The Morgan fingerprint density at radius 3 is 2.85 bits per heavy atom. The average molecular weight is 310 g/mol. The summed E-state index contributed by atoms with van der Waals surface area (Å²) in [5.74, 6) is 0. The van der Waals surface area contributed by atoms with Gasteiger partial charge in [0.05, 0.1) is 0 Å². The first-order valence-corrected chi connectivity index (χ1v) is 5.43. The maximum atomic E-state index is 3.50. The van der Waals surface area contributed by atoms with Gasteiger partial charge in [0.2, 0.25) is 0 Å². The van der Waals surface area contributed by atoms with Gasteiger partial charge >= 0.3 is 0 Å². The van der Waals surface area contributed by atoms with Crippen LogP contribution < -0.4 is 5.32 Å². The van der Waals surface area contributed by atoms with Crippen LogP contribution in [-0.2, 0) is 0 Å². The van der Waals surface area contributed by atoms with Gasteiger partial charge in [0, 0.05) is 9.61 Å². The van der Waals surface area contributed by atoms with E-state index in [4.69, 9.17) is 0 Å². The fourth-order valence-electron chi connectivity index (χ4n) is 1.69. The van der Waals surface area contributed by atoms with Crippen molar-refractivity contribution >= 4 is 35.0 Å². The zero-order chi connectivity index (χ0) is 8.39. The molecule has 0 amide bonds. The number of halogens is 2. The minimum absolute atomic E-state index is 0. The molecule has 0 bridgehead atoms. The van der Waals surface area contributed by atoms with Crippen LogP contribution in [0.4, 0.5) is 0 Å². The minimum atomic E-state index is 0. The van der Waals surface area contributed by atoms with Crippen LogP contribution in [-0.4, -0.2) is 6.54 Å². The van der Waals surface area contributed by atoms with Crippen molar-refractivity contribution in [1.82, 2.24) is 5.32 Å². The maximum Gasteiger partial charge on any atom is 0.0321 e. The molecule has 1 aromatic carbocycles. The van der Waals surface area contributed by atoms with E-state index in [1.54, 1.807) is 0 Å². The number of benzene rings is 1. The lowest BCUT2D eigenvalue weighted by atomic mass is 10.1. The fraction of sp³-hybridized carbons (Fsp3) is 0.400.